The largest absolute Gasteiger partial charge is 0.507 e. The Bertz CT molecular complexity index is 452. The van der Waals surface area contributed by atoms with E-state index in [2.05, 4.69) is 19.9 Å². The number of aryl methyl sites for hydroxylation is 2. The molecule has 0 aromatic heterocycles. The molecule has 3 heteroatoms. The number of unbranched alkanes of at least 4 members (excludes halogenated alkanes) is 4. The van der Waals surface area contributed by atoms with Gasteiger partial charge in [0.05, 0.1) is 6.42 Å². The van der Waals surface area contributed by atoms with Crippen LogP contribution in [-0.4, -0.2) is 16.2 Å². The molecule has 0 bridgehead atoms. The van der Waals surface area contributed by atoms with Crippen molar-refractivity contribution in [2.75, 3.05) is 0 Å². The molecular weight excluding hydrogens is 264 g/mol. The lowest BCUT2D eigenvalue weighted by Gasteiger charge is -2.12. The molecule has 3 nitrogen and oxygen atoms in total. The molecule has 0 fully saturated rings. The fraction of sp³-hybridized carbons (Fsp3) is 0.611. The van der Waals surface area contributed by atoms with Crippen molar-refractivity contribution < 1.29 is 15.0 Å². The van der Waals surface area contributed by atoms with Gasteiger partial charge in [-0.1, -0.05) is 51.7 Å². The van der Waals surface area contributed by atoms with Crippen molar-refractivity contribution in [2.45, 2.75) is 71.6 Å². The summed E-state index contributed by atoms with van der Waals surface area (Å²) in [6.45, 7) is 4.32. The molecule has 0 radical (unpaired) electrons. The van der Waals surface area contributed by atoms with Crippen molar-refractivity contribution >= 4 is 5.97 Å². The number of hydrogen-bond acceptors (Lipinski definition) is 2. The van der Waals surface area contributed by atoms with E-state index in [-0.39, 0.29) is 12.2 Å². The molecule has 118 valence electrons. The van der Waals surface area contributed by atoms with Crippen LogP contribution < -0.4 is 0 Å². The molecule has 0 amide bonds. The van der Waals surface area contributed by atoms with E-state index < -0.39 is 5.97 Å². The van der Waals surface area contributed by atoms with Gasteiger partial charge in [0.1, 0.15) is 5.75 Å². The quantitative estimate of drug-likeness (QED) is 0.625. The van der Waals surface area contributed by atoms with Crippen molar-refractivity contribution in [1.82, 2.24) is 0 Å². The number of rotatable bonds is 10. The minimum atomic E-state index is -0.893. The summed E-state index contributed by atoms with van der Waals surface area (Å²) in [6, 6.07) is 3.93. The maximum atomic E-state index is 11.0. The van der Waals surface area contributed by atoms with Crippen LogP contribution in [0, 0.1) is 0 Å². The van der Waals surface area contributed by atoms with Gasteiger partial charge in [-0.2, -0.15) is 0 Å². The number of carboxylic acid groups (broad SMARTS) is 1. The topological polar surface area (TPSA) is 57.5 Å². The number of benzene rings is 1. The number of aromatic hydroxyl groups is 1. The Labute approximate surface area is 128 Å². The normalized spacial score (nSPS) is 10.8. The maximum absolute atomic E-state index is 11.0. The van der Waals surface area contributed by atoms with Crippen LogP contribution in [0.4, 0.5) is 0 Å². The van der Waals surface area contributed by atoms with Crippen LogP contribution in [0.1, 0.15) is 69.1 Å². The first-order chi connectivity index (χ1) is 10.1. The second-order valence-corrected chi connectivity index (χ2v) is 5.75. The van der Waals surface area contributed by atoms with E-state index in [1.54, 1.807) is 0 Å². The highest BCUT2D eigenvalue weighted by molar-refractivity contribution is 5.71. The molecule has 1 rings (SSSR count). The summed E-state index contributed by atoms with van der Waals surface area (Å²) in [5.74, 6) is -0.705. The van der Waals surface area contributed by atoms with Gasteiger partial charge in [0.15, 0.2) is 0 Å². The van der Waals surface area contributed by atoms with Crippen LogP contribution in [0.5, 0.6) is 5.75 Å². The molecule has 0 atom stereocenters. The summed E-state index contributed by atoms with van der Waals surface area (Å²) >= 11 is 0. The van der Waals surface area contributed by atoms with Crippen LogP contribution in [0.25, 0.3) is 0 Å². The van der Waals surface area contributed by atoms with Crippen molar-refractivity contribution in [2.24, 2.45) is 0 Å². The Morgan fingerprint density at radius 2 is 1.52 bits per heavy atom. The number of phenolic OH excluding ortho intramolecular Hbond substituents is 1. The van der Waals surface area contributed by atoms with Crippen LogP contribution in [0.2, 0.25) is 0 Å². The zero-order valence-electron chi connectivity index (χ0n) is 13.3. The lowest BCUT2D eigenvalue weighted by molar-refractivity contribution is -0.136. The third kappa shape index (κ3) is 6.19. The molecule has 0 spiro atoms. The van der Waals surface area contributed by atoms with Crippen molar-refractivity contribution in [3.8, 4) is 5.75 Å². The van der Waals surface area contributed by atoms with Crippen molar-refractivity contribution in [3.63, 3.8) is 0 Å². The average molecular weight is 292 g/mol. The molecule has 0 aliphatic heterocycles. The predicted octanol–water partition coefficient (Wildman–Crippen LogP) is 4.48. The Balaban J connectivity index is 2.91. The first-order valence-electron chi connectivity index (χ1n) is 8.13. The molecule has 0 aliphatic carbocycles. The van der Waals surface area contributed by atoms with Gasteiger partial charge in [-0.3, -0.25) is 4.79 Å². The smallest absolute Gasteiger partial charge is 0.307 e. The summed E-state index contributed by atoms with van der Waals surface area (Å²) < 4.78 is 0. The Hall–Kier alpha value is -1.51. The van der Waals surface area contributed by atoms with Gasteiger partial charge in [0.2, 0.25) is 0 Å². The van der Waals surface area contributed by atoms with Gasteiger partial charge >= 0.3 is 5.97 Å². The van der Waals surface area contributed by atoms with E-state index in [0.29, 0.717) is 5.56 Å². The zero-order chi connectivity index (χ0) is 15.7. The molecule has 0 heterocycles. The minimum Gasteiger partial charge on any atom is -0.507 e. The highest BCUT2D eigenvalue weighted by Crippen LogP contribution is 2.28. The predicted molar refractivity (Wildman–Crippen MR) is 85.9 cm³/mol. The SMILES string of the molecule is CCCCCc1cc(CCCCC)c(O)c(CC(=O)O)c1. The highest BCUT2D eigenvalue weighted by atomic mass is 16.4. The van der Waals surface area contributed by atoms with Gasteiger partial charge in [0, 0.05) is 5.56 Å². The van der Waals surface area contributed by atoms with E-state index in [9.17, 15) is 9.90 Å². The second kappa shape index (κ2) is 9.43. The summed E-state index contributed by atoms with van der Waals surface area (Å²) in [5, 5.41) is 19.3. The molecule has 2 N–H and O–H groups in total. The summed E-state index contributed by atoms with van der Waals surface area (Å²) in [4.78, 5) is 11.0. The van der Waals surface area contributed by atoms with E-state index in [1.807, 2.05) is 6.07 Å². The number of carboxylic acids is 1. The third-order valence-electron chi connectivity index (χ3n) is 3.79. The van der Waals surface area contributed by atoms with Gasteiger partial charge in [-0.15, -0.1) is 0 Å². The van der Waals surface area contributed by atoms with Gasteiger partial charge in [-0.05, 0) is 36.8 Å². The maximum Gasteiger partial charge on any atom is 0.307 e. The summed E-state index contributed by atoms with van der Waals surface area (Å²) in [7, 11) is 0. The number of aliphatic carboxylic acids is 1. The monoisotopic (exact) mass is 292 g/mol. The molecule has 0 unspecified atom stereocenters. The molecule has 0 aliphatic rings. The van der Waals surface area contributed by atoms with Crippen molar-refractivity contribution in [3.05, 3.63) is 28.8 Å². The highest BCUT2D eigenvalue weighted by Gasteiger charge is 2.12. The van der Waals surface area contributed by atoms with Crippen LogP contribution in [-0.2, 0) is 24.1 Å². The summed E-state index contributed by atoms with van der Waals surface area (Å²) in [5.41, 5.74) is 2.63. The second-order valence-electron chi connectivity index (χ2n) is 5.75. The number of carbonyl (C=O) groups is 1. The fourth-order valence-electron chi connectivity index (χ4n) is 2.61. The average Bonchev–Trinajstić information content (AvgIpc) is 2.43. The summed E-state index contributed by atoms with van der Waals surface area (Å²) in [6.07, 6.45) is 8.46. The molecule has 1 aromatic carbocycles. The standard InChI is InChI=1S/C18H28O3/c1-3-5-7-9-14-11-15(10-8-6-4-2)18(21)16(12-14)13-17(19)20/h11-12,21H,3-10,13H2,1-2H3,(H,19,20). The zero-order valence-corrected chi connectivity index (χ0v) is 13.3. The van der Waals surface area contributed by atoms with Gasteiger partial charge in [0.25, 0.3) is 0 Å². The molecular formula is C18H28O3. The van der Waals surface area contributed by atoms with Gasteiger partial charge < -0.3 is 10.2 Å². The van der Waals surface area contributed by atoms with E-state index in [1.165, 1.54) is 12.8 Å². The van der Waals surface area contributed by atoms with E-state index in [4.69, 9.17) is 5.11 Å². The van der Waals surface area contributed by atoms with Crippen LogP contribution >= 0.6 is 0 Å². The lowest BCUT2D eigenvalue weighted by Crippen LogP contribution is -2.03. The Kier molecular flexibility index (Phi) is 7.88. The Morgan fingerprint density at radius 3 is 2.10 bits per heavy atom. The van der Waals surface area contributed by atoms with E-state index >= 15 is 0 Å². The van der Waals surface area contributed by atoms with Crippen molar-refractivity contribution in [1.29, 1.82) is 0 Å². The first kappa shape index (κ1) is 17.5. The van der Waals surface area contributed by atoms with Crippen LogP contribution in [0.15, 0.2) is 12.1 Å². The minimum absolute atomic E-state index is 0.103. The molecule has 21 heavy (non-hydrogen) atoms. The lowest BCUT2D eigenvalue weighted by atomic mass is 9.95. The van der Waals surface area contributed by atoms with E-state index in [0.717, 1.165) is 49.7 Å². The Morgan fingerprint density at radius 1 is 0.952 bits per heavy atom. The third-order valence-corrected chi connectivity index (χ3v) is 3.79. The van der Waals surface area contributed by atoms with Gasteiger partial charge in [-0.25, -0.2) is 0 Å². The fourth-order valence-corrected chi connectivity index (χ4v) is 2.61. The molecule has 1 aromatic rings. The number of phenols is 1. The molecule has 0 saturated heterocycles. The molecule has 0 saturated carbocycles. The van der Waals surface area contributed by atoms with Crippen LogP contribution in [0.3, 0.4) is 0 Å². The first-order valence-corrected chi connectivity index (χ1v) is 8.13. The number of hydrogen-bond donors (Lipinski definition) is 2.